The molecule has 124 valence electrons. The van der Waals surface area contributed by atoms with Gasteiger partial charge < -0.3 is 15.5 Å². The van der Waals surface area contributed by atoms with Crippen LogP contribution in [0.15, 0.2) is 79.4 Å². The number of aromatic hydroxyl groups is 1. The van der Waals surface area contributed by atoms with Crippen molar-refractivity contribution in [3.8, 4) is 5.75 Å². The van der Waals surface area contributed by atoms with Gasteiger partial charge in [-0.3, -0.25) is 4.79 Å². The topological polar surface area (TPSA) is 69.6 Å². The van der Waals surface area contributed by atoms with E-state index in [0.29, 0.717) is 12.2 Å². The van der Waals surface area contributed by atoms with Gasteiger partial charge in [-0.1, -0.05) is 74.5 Å². The van der Waals surface area contributed by atoms with Crippen LogP contribution in [-0.4, -0.2) is 22.3 Å². The highest BCUT2D eigenvalue weighted by Gasteiger charge is 2.02. The molecule has 0 spiro atoms. The van der Waals surface area contributed by atoms with Gasteiger partial charge in [0.15, 0.2) is 0 Å². The lowest BCUT2D eigenvalue weighted by molar-refractivity contribution is -0.119. The number of nitrogens with one attached hydrogen (secondary N) is 1. The second-order valence-corrected chi connectivity index (χ2v) is 4.51. The fourth-order valence-electron chi connectivity index (χ4n) is 1.38. The maximum Gasteiger partial charge on any atom is 0.245 e. The predicted octanol–water partition coefficient (Wildman–Crippen LogP) is 3.49. The number of carbonyl (C=O) groups is 1. The van der Waals surface area contributed by atoms with Crippen LogP contribution in [0.2, 0.25) is 0 Å². The monoisotopic (exact) mass is 315 g/mol. The molecule has 0 fully saturated rings. The Labute approximate surface area is 138 Å². The molecule has 0 aliphatic carbocycles. The number of phenolic OH excluding ortho intramolecular Hbond substituents is 1. The average molecular weight is 315 g/mol. The van der Waals surface area contributed by atoms with Gasteiger partial charge in [-0.2, -0.15) is 0 Å². The zero-order valence-electron chi connectivity index (χ0n) is 13.4. The number of rotatable bonds is 4. The van der Waals surface area contributed by atoms with E-state index in [0.717, 1.165) is 12.5 Å². The molecular weight excluding hydrogens is 290 g/mol. The van der Waals surface area contributed by atoms with Crippen LogP contribution in [0.5, 0.6) is 5.75 Å². The van der Waals surface area contributed by atoms with Crippen molar-refractivity contribution >= 4 is 5.91 Å². The summed E-state index contributed by atoms with van der Waals surface area (Å²) >= 11 is 0. The quantitative estimate of drug-likeness (QED) is 0.597. The van der Waals surface area contributed by atoms with E-state index < -0.39 is 6.23 Å². The van der Waals surface area contributed by atoms with Crippen LogP contribution in [-0.2, 0) is 4.79 Å². The zero-order valence-corrected chi connectivity index (χ0v) is 13.4. The Kier molecular flexibility index (Phi) is 12.7. The summed E-state index contributed by atoms with van der Waals surface area (Å²) < 4.78 is 0. The van der Waals surface area contributed by atoms with Gasteiger partial charge in [0.25, 0.3) is 0 Å². The van der Waals surface area contributed by atoms with E-state index in [1.54, 1.807) is 24.3 Å². The molecule has 2 aromatic rings. The standard InChI is InChI=1S/C7H13NO2.C6H6O.C6H6/c1-3-5-7(10)8-6(9)4-2;7-6-4-2-1-3-5-6;1-2-4-6-5-3-1/h4,7,10H,2-3,5H2,1H3,(H,8,9);1-5,7H;1-6H. The van der Waals surface area contributed by atoms with Crippen molar-refractivity contribution in [1.82, 2.24) is 5.32 Å². The first-order valence-corrected chi connectivity index (χ1v) is 7.45. The van der Waals surface area contributed by atoms with Gasteiger partial charge in [0.05, 0.1) is 0 Å². The lowest BCUT2D eigenvalue weighted by Gasteiger charge is -2.08. The maximum absolute atomic E-state index is 10.5. The number of phenols is 1. The van der Waals surface area contributed by atoms with Crippen LogP contribution in [0.25, 0.3) is 0 Å². The van der Waals surface area contributed by atoms with E-state index in [4.69, 9.17) is 10.2 Å². The van der Waals surface area contributed by atoms with Crippen LogP contribution in [0.4, 0.5) is 0 Å². The van der Waals surface area contributed by atoms with Crippen LogP contribution < -0.4 is 5.32 Å². The van der Waals surface area contributed by atoms with Gasteiger partial charge in [-0.25, -0.2) is 0 Å². The molecule has 23 heavy (non-hydrogen) atoms. The van der Waals surface area contributed by atoms with E-state index in [1.165, 1.54) is 0 Å². The summed E-state index contributed by atoms with van der Waals surface area (Å²) in [5.74, 6) is -0.0107. The second-order valence-electron chi connectivity index (χ2n) is 4.51. The van der Waals surface area contributed by atoms with Gasteiger partial charge in [0.1, 0.15) is 12.0 Å². The molecule has 1 amide bonds. The molecule has 0 saturated carbocycles. The average Bonchev–Trinajstić information content (AvgIpc) is 2.58. The van der Waals surface area contributed by atoms with Crippen molar-refractivity contribution in [1.29, 1.82) is 0 Å². The highest BCUT2D eigenvalue weighted by Crippen LogP contribution is 2.02. The van der Waals surface area contributed by atoms with E-state index in [2.05, 4.69) is 11.9 Å². The third-order valence-electron chi connectivity index (χ3n) is 2.48. The molecule has 0 aliphatic rings. The van der Waals surface area contributed by atoms with E-state index in [1.807, 2.05) is 49.4 Å². The molecule has 0 bridgehead atoms. The third-order valence-corrected chi connectivity index (χ3v) is 2.48. The maximum atomic E-state index is 10.5. The van der Waals surface area contributed by atoms with Crippen LogP contribution in [0.1, 0.15) is 19.8 Å². The number of para-hydroxylation sites is 1. The first-order valence-electron chi connectivity index (χ1n) is 7.45. The smallest absolute Gasteiger partial charge is 0.245 e. The fourth-order valence-corrected chi connectivity index (χ4v) is 1.38. The highest BCUT2D eigenvalue weighted by atomic mass is 16.3. The highest BCUT2D eigenvalue weighted by molar-refractivity contribution is 5.86. The summed E-state index contributed by atoms with van der Waals surface area (Å²) in [7, 11) is 0. The van der Waals surface area contributed by atoms with Gasteiger partial charge in [-0.05, 0) is 24.6 Å². The van der Waals surface area contributed by atoms with Crippen LogP contribution in [0.3, 0.4) is 0 Å². The van der Waals surface area contributed by atoms with Crippen molar-refractivity contribution in [2.24, 2.45) is 0 Å². The lowest BCUT2D eigenvalue weighted by Crippen LogP contribution is -2.32. The van der Waals surface area contributed by atoms with Crippen molar-refractivity contribution in [3.05, 3.63) is 79.4 Å². The minimum Gasteiger partial charge on any atom is -0.508 e. The Morgan fingerprint density at radius 2 is 1.52 bits per heavy atom. The minimum absolute atomic E-state index is 0.322. The predicted molar refractivity (Wildman–Crippen MR) is 93.8 cm³/mol. The van der Waals surface area contributed by atoms with E-state index >= 15 is 0 Å². The number of aliphatic hydroxyl groups is 1. The summed E-state index contributed by atoms with van der Waals surface area (Å²) in [6.45, 7) is 5.18. The van der Waals surface area contributed by atoms with Gasteiger partial charge in [0.2, 0.25) is 5.91 Å². The van der Waals surface area contributed by atoms with Crippen molar-refractivity contribution in [2.45, 2.75) is 26.0 Å². The van der Waals surface area contributed by atoms with Crippen molar-refractivity contribution in [2.75, 3.05) is 0 Å². The minimum atomic E-state index is -0.726. The molecule has 2 aromatic carbocycles. The van der Waals surface area contributed by atoms with Gasteiger partial charge in [0, 0.05) is 0 Å². The van der Waals surface area contributed by atoms with E-state index in [-0.39, 0.29) is 5.91 Å². The molecule has 4 heteroatoms. The molecule has 1 atom stereocenters. The Balaban J connectivity index is 0.000000326. The van der Waals surface area contributed by atoms with E-state index in [9.17, 15) is 4.79 Å². The Hall–Kier alpha value is -2.59. The number of hydrogen-bond donors (Lipinski definition) is 3. The Morgan fingerprint density at radius 1 is 1.09 bits per heavy atom. The first kappa shape index (κ1) is 20.4. The summed E-state index contributed by atoms with van der Waals surface area (Å²) in [5.41, 5.74) is 0. The normalized spacial score (nSPS) is 10.0. The summed E-state index contributed by atoms with van der Waals surface area (Å²) in [4.78, 5) is 10.5. The molecule has 0 aromatic heterocycles. The molecular formula is C19H25NO3. The zero-order chi connectivity index (χ0) is 17.3. The summed E-state index contributed by atoms with van der Waals surface area (Å²) in [6, 6.07) is 20.7. The summed E-state index contributed by atoms with van der Waals surface area (Å²) in [5, 5.41) is 19.9. The number of carbonyl (C=O) groups excluding carboxylic acids is 1. The Bertz CT molecular complexity index is 488. The second kappa shape index (κ2) is 14.4. The van der Waals surface area contributed by atoms with Gasteiger partial charge >= 0.3 is 0 Å². The molecule has 3 N–H and O–H groups in total. The van der Waals surface area contributed by atoms with Crippen LogP contribution in [0, 0.1) is 0 Å². The molecule has 4 nitrogen and oxygen atoms in total. The van der Waals surface area contributed by atoms with Crippen molar-refractivity contribution < 1.29 is 15.0 Å². The number of amides is 1. The molecule has 0 saturated heterocycles. The summed E-state index contributed by atoms with van der Waals surface area (Å²) in [6.07, 6.45) is 1.84. The van der Waals surface area contributed by atoms with Crippen molar-refractivity contribution in [3.63, 3.8) is 0 Å². The first-order chi connectivity index (χ1) is 11.1. The van der Waals surface area contributed by atoms with Crippen LogP contribution >= 0.6 is 0 Å². The molecule has 0 heterocycles. The number of benzene rings is 2. The third kappa shape index (κ3) is 14.1. The van der Waals surface area contributed by atoms with Gasteiger partial charge in [-0.15, -0.1) is 0 Å². The Morgan fingerprint density at radius 3 is 1.83 bits per heavy atom. The lowest BCUT2D eigenvalue weighted by atomic mass is 10.3. The fraction of sp³-hybridized carbons (Fsp3) is 0.211. The molecule has 1 unspecified atom stereocenters. The molecule has 0 radical (unpaired) electrons. The largest absolute Gasteiger partial charge is 0.508 e. The molecule has 2 rings (SSSR count). The SMILES string of the molecule is C=CC(=O)NC(O)CCC.Oc1ccccc1.c1ccccc1. The molecule has 0 aliphatic heterocycles. The number of aliphatic hydroxyl groups excluding tert-OH is 1. The number of hydrogen-bond acceptors (Lipinski definition) is 3.